The highest BCUT2D eigenvalue weighted by Gasteiger charge is 2.05. The zero-order chi connectivity index (χ0) is 9.14. The molecule has 0 saturated carbocycles. The van der Waals surface area contributed by atoms with Crippen molar-refractivity contribution in [3.8, 4) is 5.75 Å². The Morgan fingerprint density at radius 3 is 2.75 bits per heavy atom. The number of hydrogen-bond donors (Lipinski definition) is 0. The minimum Gasteiger partial charge on any atom is -0.497 e. The largest absolute Gasteiger partial charge is 0.497 e. The van der Waals surface area contributed by atoms with Crippen LogP contribution in [0.2, 0.25) is 5.02 Å². The smallest absolute Gasteiger partial charge is 0.153 e. The van der Waals surface area contributed by atoms with E-state index in [1.165, 1.54) is 19.2 Å². The van der Waals surface area contributed by atoms with Gasteiger partial charge in [0.1, 0.15) is 13.6 Å². The van der Waals surface area contributed by atoms with Crippen LogP contribution in [0.4, 0.5) is 0 Å². The van der Waals surface area contributed by atoms with Gasteiger partial charge in [0.05, 0.1) is 12.7 Å². The summed E-state index contributed by atoms with van der Waals surface area (Å²) < 4.78 is 4.91. The molecule has 60 valence electrons. The third kappa shape index (κ3) is 1.61. The number of carbonyl (C=O) groups excluding carboxylic acids is 1. The maximum Gasteiger partial charge on any atom is 0.153 e. The molecular formula is C8H6BClO2. The number of carbonyl (C=O) groups is 1. The van der Waals surface area contributed by atoms with Gasteiger partial charge in [-0.3, -0.25) is 4.79 Å². The predicted molar refractivity (Wildman–Crippen MR) is 48.8 cm³/mol. The Hall–Kier alpha value is -0.955. The van der Waals surface area contributed by atoms with Gasteiger partial charge >= 0.3 is 0 Å². The Morgan fingerprint density at radius 1 is 1.58 bits per heavy atom. The lowest BCUT2D eigenvalue weighted by Crippen LogP contribution is -2.09. The van der Waals surface area contributed by atoms with Crippen LogP contribution in [-0.4, -0.2) is 21.2 Å². The molecule has 0 fully saturated rings. The van der Waals surface area contributed by atoms with Gasteiger partial charge < -0.3 is 4.74 Å². The summed E-state index contributed by atoms with van der Waals surface area (Å²) in [5, 5.41) is 0.426. The molecule has 0 N–H and O–H groups in total. The fourth-order valence-corrected chi connectivity index (χ4v) is 1.19. The van der Waals surface area contributed by atoms with Crippen molar-refractivity contribution < 1.29 is 9.53 Å². The highest BCUT2D eigenvalue weighted by atomic mass is 35.5. The average molecular weight is 180 g/mol. The van der Waals surface area contributed by atoms with Gasteiger partial charge in [0.2, 0.25) is 0 Å². The molecule has 0 saturated heterocycles. The minimum absolute atomic E-state index is 0.363. The fraction of sp³-hybridized carbons (Fsp3) is 0.125. The van der Waals surface area contributed by atoms with E-state index in [4.69, 9.17) is 24.2 Å². The Kier molecular flexibility index (Phi) is 2.76. The van der Waals surface area contributed by atoms with Crippen molar-refractivity contribution in [2.24, 2.45) is 0 Å². The number of methoxy groups -OCH3 is 1. The van der Waals surface area contributed by atoms with Crippen LogP contribution in [0.3, 0.4) is 0 Å². The first kappa shape index (κ1) is 9.14. The summed E-state index contributed by atoms with van der Waals surface area (Å²) >= 11 is 5.66. The first-order valence-corrected chi connectivity index (χ1v) is 3.65. The summed E-state index contributed by atoms with van der Waals surface area (Å²) in [5.74, 6) is 0.370. The van der Waals surface area contributed by atoms with Crippen molar-refractivity contribution >= 4 is 31.2 Å². The van der Waals surface area contributed by atoms with E-state index in [1.807, 2.05) is 0 Å². The zero-order valence-corrected chi connectivity index (χ0v) is 7.26. The molecule has 1 rings (SSSR count). The molecule has 0 aliphatic rings. The Balaban J connectivity index is 3.33. The van der Waals surface area contributed by atoms with Crippen LogP contribution in [0, 0.1) is 0 Å². The molecule has 0 aromatic heterocycles. The third-order valence-electron chi connectivity index (χ3n) is 1.44. The highest BCUT2D eigenvalue weighted by Crippen LogP contribution is 2.17. The number of hydrogen-bond acceptors (Lipinski definition) is 2. The topological polar surface area (TPSA) is 26.3 Å². The number of benzene rings is 1. The lowest BCUT2D eigenvalue weighted by Gasteiger charge is -2.07. The lowest BCUT2D eigenvalue weighted by molar-refractivity contribution is 0.112. The molecule has 1 aromatic carbocycles. The molecule has 0 aliphatic carbocycles. The van der Waals surface area contributed by atoms with Crippen molar-refractivity contribution in [3.05, 3.63) is 22.7 Å². The van der Waals surface area contributed by atoms with Crippen molar-refractivity contribution in [1.82, 2.24) is 0 Å². The number of ether oxygens (including phenoxy) is 1. The molecular weight excluding hydrogens is 174 g/mol. The summed E-state index contributed by atoms with van der Waals surface area (Å²) in [7, 11) is 6.99. The van der Waals surface area contributed by atoms with E-state index >= 15 is 0 Å². The van der Waals surface area contributed by atoms with E-state index < -0.39 is 0 Å². The van der Waals surface area contributed by atoms with Crippen molar-refractivity contribution in [2.45, 2.75) is 0 Å². The molecule has 0 aliphatic heterocycles. The van der Waals surface area contributed by atoms with Crippen molar-refractivity contribution in [1.29, 1.82) is 0 Å². The summed E-state index contributed by atoms with van der Waals surface area (Å²) in [4.78, 5) is 10.5. The molecule has 2 nitrogen and oxygen atoms in total. The maximum atomic E-state index is 10.5. The summed E-state index contributed by atoms with van der Waals surface area (Å²) in [6.45, 7) is 0. The van der Waals surface area contributed by atoms with Gasteiger partial charge in [-0.1, -0.05) is 17.1 Å². The van der Waals surface area contributed by atoms with Crippen LogP contribution in [-0.2, 0) is 0 Å². The normalized spacial score (nSPS) is 9.50. The second-order valence-corrected chi connectivity index (χ2v) is 2.67. The van der Waals surface area contributed by atoms with Crippen LogP contribution < -0.4 is 10.2 Å². The molecule has 0 spiro atoms. The van der Waals surface area contributed by atoms with Gasteiger partial charge in [0.25, 0.3) is 0 Å². The molecule has 0 amide bonds. The van der Waals surface area contributed by atoms with Crippen LogP contribution in [0.5, 0.6) is 5.75 Å². The van der Waals surface area contributed by atoms with Gasteiger partial charge in [-0.25, -0.2) is 0 Å². The molecule has 4 heteroatoms. The first-order valence-electron chi connectivity index (χ1n) is 3.27. The molecule has 1 aromatic rings. The molecule has 12 heavy (non-hydrogen) atoms. The molecule has 0 atom stereocenters. The second-order valence-electron chi connectivity index (χ2n) is 2.24. The maximum absolute atomic E-state index is 10.5. The monoisotopic (exact) mass is 180 g/mol. The Bertz CT molecular complexity index is 312. The zero-order valence-electron chi connectivity index (χ0n) is 6.50. The van der Waals surface area contributed by atoms with Crippen LogP contribution >= 0.6 is 11.6 Å². The standard InChI is InChI=1S/C8H6BClO2/c1-12-8-5(4-11)2-6(10)3-7(8)9/h2-4H,1H3. The molecule has 2 radical (unpaired) electrons. The third-order valence-corrected chi connectivity index (χ3v) is 1.66. The molecule has 0 unspecified atom stereocenters. The second kappa shape index (κ2) is 3.63. The lowest BCUT2D eigenvalue weighted by atomic mass is 9.93. The minimum atomic E-state index is 0.363. The van der Waals surface area contributed by atoms with Crippen LogP contribution in [0.15, 0.2) is 12.1 Å². The number of aldehydes is 1. The van der Waals surface area contributed by atoms with E-state index in [2.05, 4.69) is 0 Å². The quantitative estimate of drug-likeness (QED) is 0.500. The predicted octanol–water partition coefficient (Wildman–Crippen LogP) is 0.955. The van der Waals surface area contributed by atoms with E-state index in [0.717, 1.165) is 0 Å². The fourth-order valence-electron chi connectivity index (χ4n) is 0.960. The molecule has 0 bridgehead atoms. The van der Waals surface area contributed by atoms with Gasteiger partial charge in [0.15, 0.2) is 6.29 Å². The van der Waals surface area contributed by atoms with E-state index in [-0.39, 0.29) is 0 Å². The van der Waals surface area contributed by atoms with Crippen molar-refractivity contribution in [2.75, 3.05) is 7.11 Å². The Labute approximate surface area is 76.9 Å². The van der Waals surface area contributed by atoms with Crippen molar-refractivity contribution in [3.63, 3.8) is 0 Å². The van der Waals surface area contributed by atoms with E-state index in [1.54, 1.807) is 0 Å². The summed E-state index contributed by atoms with van der Waals surface area (Å²) in [6.07, 6.45) is 0.654. The van der Waals surface area contributed by atoms with E-state index in [9.17, 15) is 4.79 Å². The number of halogens is 1. The first-order chi connectivity index (χ1) is 5.69. The van der Waals surface area contributed by atoms with Gasteiger partial charge in [0, 0.05) is 5.02 Å². The number of rotatable bonds is 2. The highest BCUT2D eigenvalue weighted by molar-refractivity contribution is 6.38. The van der Waals surface area contributed by atoms with E-state index in [0.29, 0.717) is 28.1 Å². The average Bonchev–Trinajstić information content (AvgIpc) is 2.03. The summed E-state index contributed by atoms with van der Waals surface area (Å²) in [5.41, 5.74) is 0.731. The Morgan fingerprint density at radius 2 is 2.25 bits per heavy atom. The van der Waals surface area contributed by atoms with Crippen LogP contribution in [0.25, 0.3) is 0 Å². The van der Waals surface area contributed by atoms with Gasteiger partial charge in [-0.2, -0.15) is 0 Å². The SMILES string of the molecule is [B]c1cc(Cl)cc(C=O)c1OC. The van der Waals surface area contributed by atoms with Gasteiger partial charge in [-0.15, -0.1) is 0 Å². The molecule has 0 heterocycles. The van der Waals surface area contributed by atoms with Gasteiger partial charge in [-0.05, 0) is 12.1 Å². The van der Waals surface area contributed by atoms with Crippen LogP contribution in [0.1, 0.15) is 10.4 Å². The summed E-state index contributed by atoms with van der Waals surface area (Å²) in [6, 6.07) is 3.04.